The number of halogens is 2. The molecule has 0 spiro atoms. The highest BCUT2D eigenvalue weighted by Crippen LogP contribution is 2.26. The van der Waals surface area contributed by atoms with Crippen LogP contribution < -0.4 is 5.32 Å². The number of likely N-dealkylation sites (N-methyl/N-ethyl adjacent to an activating group) is 1. The molecule has 2 rings (SSSR count). The van der Waals surface area contributed by atoms with Crippen molar-refractivity contribution in [1.29, 1.82) is 0 Å². The Kier molecular flexibility index (Phi) is 6.49. The van der Waals surface area contributed by atoms with Crippen molar-refractivity contribution in [2.45, 2.75) is 38.3 Å². The van der Waals surface area contributed by atoms with E-state index in [9.17, 15) is 4.79 Å². The van der Waals surface area contributed by atoms with E-state index < -0.39 is 0 Å². The number of carbonyl (C=O) groups is 1. The first-order valence-corrected chi connectivity index (χ1v) is 7.62. The van der Waals surface area contributed by atoms with E-state index in [-0.39, 0.29) is 23.9 Å². The first-order valence-electron chi connectivity index (χ1n) is 6.83. The highest BCUT2D eigenvalue weighted by Gasteiger charge is 2.40. The minimum atomic E-state index is -0.337. The molecule has 1 amide bonds. The smallest absolute Gasteiger partial charge is 0.242 e. The van der Waals surface area contributed by atoms with E-state index in [4.69, 9.17) is 0 Å². The fourth-order valence-electron chi connectivity index (χ4n) is 2.76. The molecule has 0 radical (unpaired) electrons. The maximum Gasteiger partial charge on any atom is 0.242 e. The summed E-state index contributed by atoms with van der Waals surface area (Å²) in [4.78, 5) is 14.5. The average Bonchev–Trinajstić information content (AvgIpc) is 2.90. The van der Waals surface area contributed by atoms with Gasteiger partial charge >= 0.3 is 0 Å². The molecular formula is C15H22BrClN2O. The second-order valence-corrected chi connectivity index (χ2v) is 6.07. The first kappa shape index (κ1) is 17.5. The van der Waals surface area contributed by atoms with Crippen molar-refractivity contribution in [3.05, 3.63) is 34.3 Å². The molecule has 1 aromatic rings. The van der Waals surface area contributed by atoms with E-state index in [0.29, 0.717) is 6.54 Å². The lowest BCUT2D eigenvalue weighted by atomic mass is 9.92. The monoisotopic (exact) mass is 360 g/mol. The van der Waals surface area contributed by atoms with Gasteiger partial charge in [-0.25, -0.2) is 0 Å². The number of benzene rings is 1. The predicted octanol–water partition coefficient (Wildman–Crippen LogP) is 3.36. The first-order chi connectivity index (χ1) is 9.09. The summed E-state index contributed by atoms with van der Waals surface area (Å²) in [6.07, 6.45) is 2.89. The van der Waals surface area contributed by atoms with Crippen LogP contribution in [-0.4, -0.2) is 29.9 Å². The molecule has 1 saturated heterocycles. The van der Waals surface area contributed by atoms with Crippen LogP contribution in [0.15, 0.2) is 28.7 Å². The molecule has 1 aromatic carbocycles. The Bertz CT molecular complexity index is 461. The molecule has 1 aliphatic heterocycles. The summed E-state index contributed by atoms with van der Waals surface area (Å²) in [5, 5.41) is 3.40. The van der Waals surface area contributed by atoms with Crippen LogP contribution in [0.25, 0.3) is 0 Å². The molecule has 0 aromatic heterocycles. The standard InChI is InChI=1S/C15H21BrN2O.ClH/c1-3-15(9-6-10-17-15)14(19)18(2)11-12-7-4-5-8-13(12)16;/h4-5,7-8,17H,3,6,9-11H2,1-2H3;1H. The lowest BCUT2D eigenvalue weighted by Gasteiger charge is -2.32. The van der Waals surface area contributed by atoms with Crippen molar-refractivity contribution in [3.63, 3.8) is 0 Å². The van der Waals surface area contributed by atoms with Gasteiger partial charge in [-0.2, -0.15) is 0 Å². The quantitative estimate of drug-likeness (QED) is 0.892. The largest absolute Gasteiger partial charge is 0.340 e. The van der Waals surface area contributed by atoms with Crippen LogP contribution in [0.5, 0.6) is 0 Å². The number of nitrogens with zero attached hydrogens (tertiary/aromatic N) is 1. The lowest BCUT2D eigenvalue weighted by Crippen LogP contribution is -2.53. The van der Waals surface area contributed by atoms with Crippen LogP contribution in [-0.2, 0) is 11.3 Å². The van der Waals surface area contributed by atoms with Crippen LogP contribution in [0.2, 0.25) is 0 Å². The number of hydrogen-bond acceptors (Lipinski definition) is 2. The van der Waals surface area contributed by atoms with Crippen molar-refractivity contribution < 1.29 is 4.79 Å². The van der Waals surface area contributed by atoms with Gasteiger partial charge in [-0.1, -0.05) is 41.1 Å². The molecule has 1 N–H and O–H groups in total. The Morgan fingerprint density at radius 3 is 2.70 bits per heavy atom. The van der Waals surface area contributed by atoms with Crippen molar-refractivity contribution in [1.82, 2.24) is 10.2 Å². The van der Waals surface area contributed by atoms with Gasteiger partial charge in [0.25, 0.3) is 0 Å². The molecule has 112 valence electrons. The van der Waals surface area contributed by atoms with Gasteiger partial charge in [0, 0.05) is 18.1 Å². The van der Waals surface area contributed by atoms with Gasteiger partial charge < -0.3 is 10.2 Å². The fourth-order valence-corrected chi connectivity index (χ4v) is 3.17. The third-order valence-electron chi connectivity index (χ3n) is 3.97. The Labute approximate surface area is 135 Å². The van der Waals surface area contributed by atoms with Crippen molar-refractivity contribution in [2.75, 3.05) is 13.6 Å². The maximum atomic E-state index is 12.7. The molecule has 1 fully saturated rings. The van der Waals surface area contributed by atoms with Gasteiger partial charge in [0.1, 0.15) is 0 Å². The number of hydrogen-bond donors (Lipinski definition) is 1. The van der Waals surface area contributed by atoms with Gasteiger partial charge in [-0.3, -0.25) is 4.79 Å². The molecule has 0 bridgehead atoms. The fraction of sp³-hybridized carbons (Fsp3) is 0.533. The Morgan fingerprint density at radius 2 is 2.15 bits per heavy atom. The summed E-state index contributed by atoms with van der Waals surface area (Å²) in [6, 6.07) is 8.05. The average molecular weight is 362 g/mol. The predicted molar refractivity (Wildman–Crippen MR) is 88.1 cm³/mol. The van der Waals surface area contributed by atoms with Crippen LogP contribution >= 0.6 is 28.3 Å². The normalized spacial score (nSPS) is 21.4. The van der Waals surface area contributed by atoms with E-state index in [0.717, 1.165) is 35.8 Å². The third kappa shape index (κ3) is 3.54. The van der Waals surface area contributed by atoms with Gasteiger partial charge in [0.15, 0.2) is 0 Å². The van der Waals surface area contributed by atoms with Crippen molar-refractivity contribution >= 4 is 34.2 Å². The number of rotatable bonds is 4. The minimum Gasteiger partial charge on any atom is -0.340 e. The Hall–Kier alpha value is -0.580. The Morgan fingerprint density at radius 1 is 1.45 bits per heavy atom. The van der Waals surface area contributed by atoms with E-state index in [1.807, 2.05) is 30.1 Å². The summed E-state index contributed by atoms with van der Waals surface area (Å²) in [7, 11) is 1.89. The van der Waals surface area contributed by atoms with E-state index in [1.165, 1.54) is 0 Å². The summed E-state index contributed by atoms with van der Waals surface area (Å²) >= 11 is 3.53. The molecule has 1 unspecified atom stereocenters. The van der Waals surface area contributed by atoms with Crippen LogP contribution in [0, 0.1) is 0 Å². The van der Waals surface area contributed by atoms with Gasteiger partial charge in [0.2, 0.25) is 5.91 Å². The summed E-state index contributed by atoms with van der Waals surface area (Å²) in [5.74, 6) is 0.211. The second-order valence-electron chi connectivity index (χ2n) is 5.22. The SMILES string of the molecule is CCC1(C(=O)N(C)Cc2ccccc2Br)CCCN1.Cl. The summed E-state index contributed by atoms with van der Waals surface area (Å²) in [5.41, 5.74) is 0.804. The van der Waals surface area contributed by atoms with Crippen LogP contribution in [0.3, 0.4) is 0 Å². The van der Waals surface area contributed by atoms with Gasteiger partial charge in [-0.05, 0) is 37.4 Å². The van der Waals surface area contributed by atoms with Gasteiger partial charge in [-0.15, -0.1) is 12.4 Å². The molecule has 20 heavy (non-hydrogen) atoms. The van der Waals surface area contributed by atoms with Gasteiger partial charge in [0.05, 0.1) is 5.54 Å². The summed E-state index contributed by atoms with van der Waals surface area (Å²) < 4.78 is 1.06. The third-order valence-corrected chi connectivity index (χ3v) is 4.74. The zero-order chi connectivity index (χ0) is 13.9. The topological polar surface area (TPSA) is 32.3 Å². The highest BCUT2D eigenvalue weighted by atomic mass is 79.9. The molecule has 1 heterocycles. The molecule has 1 aliphatic rings. The van der Waals surface area contributed by atoms with E-state index in [1.54, 1.807) is 0 Å². The van der Waals surface area contributed by atoms with Crippen LogP contribution in [0.1, 0.15) is 31.7 Å². The molecular weight excluding hydrogens is 340 g/mol. The molecule has 3 nitrogen and oxygen atoms in total. The molecule has 0 saturated carbocycles. The number of carbonyl (C=O) groups excluding carboxylic acids is 1. The molecule has 5 heteroatoms. The van der Waals surface area contributed by atoms with Crippen molar-refractivity contribution in [2.24, 2.45) is 0 Å². The zero-order valence-corrected chi connectivity index (χ0v) is 14.4. The Balaban J connectivity index is 0.00000200. The number of amides is 1. The summed E-state index contributed by atoms with van der Waals surface area (Å²) in [6.45, 7) is 3.68. The van der Waals surface area contributed by atoms with E-state index >= 15 is 0 Å². The lowest BCUT2D eigenvalue weighted by molar-refractivity contribution is -0.137. The highest BCUT2D eigenvalue weighted by molar-refractivity contribution is 9.10. The molecule has 1 atom stereocenters. The van der Waals surface area contributed by atoms with Crippen molar-refractivity contribution in [3.8, 4) is 0 Å². The van der Waals surface area contributed by atoms with Crippen LogP contribution in [0.4, 0.5) is 0 Å². The maximum absolute atomic E-state index is 12.7. The minimum absolute atomic E-state index is 0. The van der Waals surface area contributed by atoms with E-state index in [2.05, 4.69) is 34.2 Å². The number of nitrogens with one attached hydrogen (secondary N) is 1. The molecule has 0 aliphatic carbocycles. The zero-order valence-electron chi connectivity index (χ0n) is 12.0. The second kappa shape index (κ2) is 7.43.